The maximum atomic E-state index is 10.2. The molecule has 0 amide bonds. The van der Waals surface area contributed by atoms with Crippen LogP contribution in [-0.2, 0) is 11.3 Å². The molecule has 54 valence electrons. The largest absolute Gasteiger partial charge is 0.296 e. The van der Waals surface area contributed by atoms with Crippen LogP contribution in [0.5, 0.6) is 0 Å². The van der Waals surface area contributed by atoms with Crippen LogP contribution in [0.2, 0.25) is 0 Å². The first-order chi connectivity index (χ1) is 4.79. The maximum Gasteiger partial charge on any atom is 0.168 e. The van der Waals surface area contributed by atoms with E-state index in [9.17, 15) is 9.00 Å². The predicted octanol–water partition coefficient (Wildman–Crippen LogP) is 0.209. The maximum absolute atomic E-state index is 10.2. The Kier molecular flexibility index (Phi) is 1.86. The molecule has 1 rings (SSSR count). The fraction of sp³-hybridized carbons (Fsp3) is 0.200. The number of aldehydes is 1. The minimum absolute atomic E-state index is 0.336. The molecule has 0 spiro atoms. The average molecular weight is 158 g/mol. The van der Waals surface area contributed by atoms with Crippen molar-refractivity contribution in [3.05, 3.63) is 15.9 Å². The van der Waals surface area contributed by atoms with E-state index < -0.39 is 0 Å². The van der Waals surface area contributed by atoms with Crippen LogP contribution < -0.4 is 0 Å². The molecule has 0 atom stereocenters. The molecule has 0 aliphatic carbocycles. The lowest BCUT2D eigenvalue weighted by Gasteiger charge is -1.78. The molecular weight excluding hydrogens is 152 g/mol. The van der Waals surface area contributed by atoms with Crippen LogP contribution >= 0.6 is 0 Å². The third kappa shape index (κ3) is 0.950. The second-order valence-corrected chi connectivity index (χ2v) is 2.39. The van der Waals surface area contributed by atoms with E-state index >= 15 is 0 Å². The van der Waals surface area contributed by atoms with Crippen molar-refractivity contribution in [2.75, 3.05) is 0 Å². The van der Waals surface area contributed by atoms with Gasteiger partial charge in [0.25, 0.3) is 0 Å². The summed E-state index contributed by atoms with van der Waals surface area (Å²) in [4.78, 5) is 10.2. The van der Waals surface area contributed by atoms with Crippen molar-refractivity contribution in [1.29, 1.82) is 0 Å². The van der Waals surface area contributed by atoms with Crippen LogP contribution in [0.3, 0.4) is 0 Å². The van der Waals surface area contributed by atoms with E-state index in [4.69, 9.17) is 0 Å². The molecule has 0 saturated carbocycles. The summed E-state index contributed by atoms with van der Waals surface area (Å²) in [5, 5.41) is 5.13. The number of nitrogens with one attached hydrogen (secondary N) is 2. The Bertz CT molecular complexity index is 332. The normalized spacial score (nSPS) is 9.30. The van der Waals surface area contributed by atoms with Gasteiger partial charge in [-0.25, -0.2) is 4.21 Å². The number of aromatic nitrogens is 2. The minimum atomic E-state index is 0.336. The Morgan fingerprint density at radius 2 is 2.20 bits per heavy atom. The molecule has 0 aliphatic rings. The molecule has 0 aromatic carbocycles. The molecule has 0 bridgehead atoms. The lowest BCUT2D eigenvalue weighted by molar-refractivity contribution is 0.111. The molecule has 10 heavy (non-hydrogen) atoms. The zero-order valence-electron chi connectivity index (χ0n) is 5.30. The van der Waals surface area contributed by atoms with Gasteiger partial charge in [0.2, 0.25) is 0 Å². The lowest BCUT2D eigenvalue weighted by atomic mass is 10.3. The standard InChI is InChI=1S/C5H6N2O2S/c1-3-4(2-8)6-7-5(3)10-9/h2,6-7H,1H3. The van der Waals surface area contributed by atoms with Crippen molar-refractivity contribution in [2.24, 2.45) is 0 Å². The van der Waals surface area contributed by atoms with Gasteiger partial charge in [0.15, 0.2) is 10.9 Å². The Morgan fingerprint density at radius 3 is 2.50 bits per heavy atom. The van der Waals surface area contributed by atoms with Gasteiger partial charge in [0, 0.05) is 5.56 Å². The van der Waals surface area contributed by atoms with E-state index in [0.717, 1.165) is 0 Å². The Balaban J connectivity index is 3.50. The van der Waals surface area contributed by atoms with Crippen molar-refractivity contribution in [2.45, 2.75) is 6.92 Å². The Hall–Kier alpha value is -1.10. The second kappa shape index (κ2) is 2.66. The number of hydrogen-bond acceptors (Lipinski definition) is 2. The van der Waals surface area contributed by atoms with E-state index in [-0.39, 0.29) is 0 Å². The summed E-state index contributed by atoms with van der Waals surface area (Å²) in [6, 6.07) is 0. The first-order valence-electron chi connectivity index (χ1n) is 2.65. The monoisotopic (exact) mass is 158 g/mol. The van der Waals surface area contributed by atoms with Gasteiger partial charge < -0.3 is 0 Å². The molecule has 0 fully saturated rings. The van der Waals surface area contributed by atoms with Gasteiger partial charge in [0.1, 0.15) is 11.3 Å². The van der Waals surface area contributed by atoms with Crippen LogP contribution in [0.1, 0.15) is 16.1 Å². The van der Waals surface area contributed by atoms with Gasteiger partial charge >= 0.3 is 0 Å². The van der Waals surface area contributed by atoms with Crippen molar-refractivity contribution >= 4 is 17.5 Å². The molecule has 0 aliphatic heterocycles. The molecule has 5 heteroatoms. The molecular formula is C5H6N2O2S. The number of carbonyl (C=O) groups is 1. The zero-order chi connectivity index (χ0) is 7.56. The quantitative estimate of drug-likeness (QED) is 0.453. The smallest absolute Gasteiger partial charge is 0.168 e. The first-order valence-corrected chi connectivity index (χ1v) is 3.39. The van der Waals surface area contributed by atoms with E-state index in [0.29, 0.717) is 33.4 Å². The fourth-order valence-corrected chi connectivity index (χ4v) is 0.963. The summed E-state index contributed by atoms with van der Waals surface area (Å²) in [7, 11) is 0. The van der Waals surface area contributed by atoms with E-state index in [1.165, 1.54) is 0 Å². The van der Waals surface area contributed by atoms with Crippen molar-refractivity contribution in [3.8, 4) is 0 Å². The molecule has 0 unspecified atom stereocenters. The highest BCUT2D eigenvalue weighted by atomic mass is 32.1. The topological polar surface area (TPSA) is 65.7 Å². The zero-order valence-corrected chi connectivity index (χ0v) is 6.12. The Morgan fingerprint density at radius 1 is 1.50 bits per heavy atom. The fourth-order valence-electron chi connectivity index (χ4n) is 0.635. The number of carbonyl (C=O) groups excluding carboxylic acids is 1. The van der Waals surface area contributed by atoms with Gasteiger partial charge in [-0.15, -0.1) is 0 Å². The third-order valence-electron chi connectivity index (χ3n) is 1.26. The van der Waals surface area contributed by atoms with Crippen molar-refractivity contribution in [1.82, 2.24) is 10.2 Å². The lowest BCUT2D eigenvalue weighted by Crippen LogP contribution is -1.80. The first kappa shape index (κ1) is 7.01. The summed E-state index contributed by atoms with van der Waals surface area (Å²) >= 11 is 0.336. The highest BCUT2D eigenvalue weighted by Crippen LogP contribution is 1.98. The molecule has 4 nitrogen and oxygen atoms in total. The van der Waals surface area contributed by atoms with Gasteiger partial charge in [-0.2, -0.15) is 0 Å². The molecule has 0 saturated heterocycles. The summed E-state index contributed by atoms with van der Waals surface area (Å²) < 4.78 is 10.7. The van der Waals surface area contributed by atoms with Crippen molar-refractivity contribution < 1.29 is 9.00 Å². The number of hydrogen-bond donors (Lipinski definition) is 2. The van der Waals surface area contributed by atoms with Crippen LogP contribution in [0.4, 0.5) is 0 Å². The van der Waals surface area contributed by atoms with Gasteiger partial charge in [-0.3, -0.25) is 15.0 Å². The van der Waals surface area contributed by atoms with Crippen LogP contribution in [0.25, 0.3) is 0 Å². The van der Waals surface area contributed by atoms with E-state index in [1.807, 2.05) is 0 Å². The van der Waals surface area contributed by atoms with E-state index in [1.54, 1.807) is 6.92 Å². The Labute approximate surface area is 60.3 Å². The summed E-state index contributed by atoms with van der Waals surface area (Å²) in [6.45, 7) is 1.71. The van der Waals surface area contributed by atoms with Crippen LogP contribution in [0.15, 0.2) is 0 Å². The van der Waals surface area contributed by atoms with Crippen LogP contribution in [-0.4, -0.2) is 20.7 Å². The minimum Gasteiger partial charge on any atom is -0.296 e. The summed E-state index contributed by atoms with van der Waals surface area (Å²) in [5.74, 6) is 0. The van der Waals surface area contributed by atoms with Crippen LogP contribution in [0, 0.1) is 11.6 Å². The second-order valence-electron chi connectivity index (χ2n) is 1.82. The van der Waals surface area contributed by atoms with Gasteiger partial charge in [-0.1, -0.05) is 0 Å². The van der Waals surface area contributed by atoms with Gasteiger partial charge in [-0.05, 0) is 6.92 Å². The molecule has 0 radical (unpaired) electrons. The molecule has 1 heterocycles. The highest BCUT2D eigenvalue weighted by molar-refractivity contribution is 7.56. The van der Waals surface area contributed by atoms with Crippen molar-refractivity contribution in [3.63, 3.8) is 0 Å². The molecule has 2 N–H and O–H groups in total. The molecule has 1 aromatic rings. The van der Waals surface area contributed by atoms with Gasteiger partial charge in [0.05, 0.1) is 5.69 Å². The molecule has 1 aromatic heterocycles. The average Bonchev–Trinajstić information content (AvgIpc) is 2.30. The SMILES string of the molecule is Cc1c(C=O)[nH][nH]c1=S=O. The van der Waals surface area contributed by atoms with E-state index in [2.05, 4.69) is 10.2 Å². The predicted molar refractivity (Wildman–Crippen MR) is 36.7 cm³/mol. The highest BCUT2D eigenvalue weighted by Gasteiger charge is 1.98. The third-order valence-corrected chi connectivity index (χ3v) is 1.83. The number of aromatic amines is 2. The number of H-pyrrole nitrogens is 2. The summed E-state index contributed by atoms with van der Waals surface area (Å²) in [5.41, 5.74) is 1.10. The summed E-state index contributed by atoms with van der Waals surface area (Å²) in [6.07, 6.45) is 0.672. The number of rotatable bonds is 1.